The number of ether oxygens (including phenoxy) is 1. The van der Waals surface area contributed by atoms with E-state index in [0.717, 1.165) is 0 Å². The van der Waals surface area contributed by atoms with Gasteiger partial charge in [-0.25, -0.2) is 0 Å². The van der Waals surface area contributed by atoms with Gasteiger partial charge in [-0.2, -0.15) is 8.42 Å². The van der Waals surface area contributed by atoms with Crippen LogP contribution in [0.1, 0.15) is 20.8 Å². The second-order valence-electron chi connectivity index (χ2n) is 5.19. The van der Waals surface area contributed by atoms with Gasteiger partial charge in [-0.05, 0) is 11.5 Å². The first-order valence-electron chi connectivity index (χ1n) is 5.49. The van der Waals surface area contributed by atoms with Crippen LogP contribution in [0.3, 0.4) is 0 Å². The lowest BCUT2D eigenvalue weighted by Gasteiger charge is -2.18. The fourth-order valence-electron chi connectivity index (χ4n) is 1.18. The number of benzene rings is 1. The van der Waals surface area contributed by atoms with Crippen molar-refractivity contribution in [2.45, 2.75) is 25.7 Å². The maximum atomic E-state index is 12.0. The van der Waals surface area contributed by atoms with Gasteiger partial charge in [0.25, 0.3) is 10.1 Å². The highest BCUT2D eigenvalue weighted by atomic mass is 35.5. The van der Waals surface area contributed by atoms with Crippen LogP contribution in [0, 0.1) is 5.41 Å². The highest BCUT2D eigenvalue weighted by molar-refractivity contribution is 7.86. The molecule has 0 spiro atoms. The largest absolute Gasteiger partial charge is 0.495 e. The van der Waals surface area contributed by atoms with Crippen LogP contribution in [0.2, 0.25) is 10.0 Å². The van der Waals surface area contributed by atoms with Crippen molar-refractivity contribution in [3.05, 3.63) is 22.2 Å². The molecule has 0 aliphatic carbocycles. The first-order valence-corrected chi connectivity index (χ1v) is 7.66. The molecule has 0 aliphatic rings. The molecule has 19 heavy (non-hydrogen) atoms. The van der Waals surface area contributed by atoms with Gasteiger partial charge < -0.3 is 4.74 Å². The zero-order valence-electron chi connectivity index (χ0n) is 11.2. The zero-order chi connectivity index (χ0) is 14.8. The Morgan fingerprint density at radius 3 is 2.21 bits per heavy atom. The molecule has 108 valence electrons. The molecule has 0 N–H and O–H groups in total. The summed E-state index contributed by atoms with van der Waals surface area (Å²) in [6.45, 7) is 5.65. The predicted octanol–water partition coefficient (Wildman–Crippen LogP) is 3.75. The summed E-state index contributed by atoms with van der Waals surface area (Å²) >= 11 is 11.8. The van der Waals surface area contributed by atoms with E-state index in [4.69, 9.17) is 32.1 Å². The standard InChI is InChI=1S/C12H16Cl2O4S/c1-12(2,3)7-18-19(15,16)11-6-8(13)10(17-4)5-9(11)14/h5-6H,7H2,1-4H3. The molecule has 0 heterocycles. The monoisotopic (exact) mass is 326 g/mol. The fourth-order valence-corrected chi connectivity index (χ4v) is 3.11. The Kier molecular flexibility index (Phi) is 5.12. The summed E-state index contributed by atoms with van der Waals surface area (Å²) in [6, 6.07) is 2.57. The summed E-state index contributed by atoms with van der Waals surface area (Å²) in [5, 5.41) is 0.167. The molecule has 0 atom stereocenters. The minimum absolute atomic E-state index is 0.00941. The molecule has 0 saturated carbocycles. The lowest BCUT2D eigenvalue weighted by molar-refractivity contribution is 0.203. The maximum Gasteiger partial charge on any atom is 0.298 e. The molecule has 0 amide bonds. The van der Waals surface area contributed by atoms with Gasteiger partial charge in [0.05, 0.1) is 23.8 Å². The van der Waals surface area contributed by atoms with Crippen molar-refractivity contribution in [3.8, 4) is 5.75 Å². The molecule has 0 radical (unpaired) electrons. The molecule has 0 fully saturated rings. The smallest absolute Gasteiger partial charge is 0.298 e. The zero-order valence-corrected chi connectivity index (χ0v) is 13.5. The summed E-state index contributed by atoms with van der Waals surface area (Å²) in [5.74, 6) is 0.307. The Morgan fingerprint density at radius 2 is 1.74 bits per heavy atom. The Balaban J connectivity index is 3.12. The van der Waals surface area contributed by atoms with Crippen molar-refractivity contribution in [3.63, 3.8) is 0 Å². The van der Waals surface area contributed by atoms with E-state index in [1.807, 2.05) is 20.8 Å². The molecule has 4 nitrogen and oxygen atoms in total. The first-order chi connectivity index (χ1) is 8.57. The third-order valence-corrected chi connectivity index (χ3v) is 4.15. The Labute approximate surface area is 123 Å². The Bertz CT molecular complexity index is 562. The SMILES string of the molecule is COc1cc(Cl)c(S(=O)(=O)OCC(C)(C)C)cc1Cl. The summed E-state index contributed by atoms with van der Waals surface area (Å²) in [5.41, 5.74) is -0.282. The topological polar surface area (TPSA) is 52.6 Å². The van der Waals surface area contributed by atoms with Gasteiger partial charge in [-0.3, -0.25) is 4.18 Å². The van der Waals surface area contributed by atoms with Crippen LogP contribution in [-0.2, 0) is 14.3 Å². The molecule has 1 aromatic carbocycles. The first kappa shape index (κ1) is 16.6. The highest BCUT2D eigenvalue weighted by Gasteiger charge is 2.24. The number of hydrogen-bond donors (Lipinski definition) is 0. The van der Waals surface area contributed by atoms with Crippen LogP contribution in [0.4, 0.5) is 0 Å². The molecule has 0 bridgehead atoms. The van der Waals surface area contributed by atoms with Crippen molar-refractivity contribution in [2.75, 3.05) is 13.7 Å². The van der Waals surface area contributed by atoms with Crippen LogP contribution in [0.5, 0.6) is 5.75 Å². The van der Waals surface area contributed by atoms with Gasteiger partial charge in [0, 0.05) is 6.07 Å². The minimum atomic E-state index is -3.94. The highest BCUT2D eigenvalue weighted by Crippen LogP contribution is 2.34. The van der Waals surface area contributed by atoms with Gasteiger partial charge >= 0.3 is 0 Å². The van der Waals surface area contributed by atoms with Gasteiger partial charge in [0.1, 0.15) is 10.6 Å². The van der Waals surface area contributed by atoms with Crippen LogP contribution in [-0.4, -0.2) is 22.1 Å². The molecule has 0 aliphatic heterocycles. The molecule has 0 saturated heterocycles. The average Bonchev–Trinajstić information content (AvgIpc) is 2.28. The number of rotatable bonds is 4. The lowest BCUT2D eigenvalue weighted by atomic mass is 9.99. The number of halogens is 2. The van der Waals surface area contributed by atoms with Crippen molar-refractivity contribution >= 4 is 33.3 Å². The molecular weight excluding hydrogens is 311 g/mol. The van der Waals surface area contributed by atoms with Crippen molar-refractivity contribution < 1.29 is 17.3 Å². The molecule has 0 aromatic heterocycles. The third kappa shape index (κ3) is 4.53. The van der Waals surface area contributed by atoms with Crippen molar-refractivity contribution in [1.82, 2.24) is 0 Å². The summed E-state index contributed by atoms with van der Waals surface area (Å²) in [6.07, 6.45) is 0. The number of methoxy groups -OCH3 is 1. The summed E-state index contributed by atoms with van der Waals surface area (Å²) < 4.78 is 34.0. The second kappa shape index (κ2) is 5.87. The predicted molar refractivity (Wildman–Crippen MR) is 75.6 cm³/mol. The van der Waals surface area contributed by atoms with Crippen LogP contribution >= 0.6 is 23.2 Å². The van der Waals surface area contributed by atoms with E-state index < -0.39 is 10.1 Å². The lowest BCUT2D eigenvalue weighted by Crippen LogP contribution is -2.19. The van der Waals surface area contributed by atoms with E-state index in [0.29, 0.717) is 5.75 Å². The maximum absolute atomic E-state index is 12.0. The molecule has 0 unspecified atom stereocenters. The Morgan fingerprint density at radius 1 is 1.16 bits per heavy atom. The van der Waals surface area contributed by atoms with E-state index >= 15 is 0 Å². The van der Waals surface area contributed by atoms with E-state index in [2.05, 4.69) is 0 Å². The quantitative estimate of drug-likeness (QED) is 0.790. The van der Waals surface area contributed by atoms with Gasteiger partial charge in [0.2, 0.25) is 0 Å². The van der Waals surface area contributed by atoms with E-state index in [-0.39, 0.29) is 27.0 Å². The molecule has 1 aromatic rings. The molecular formula is C12H16Cl2O4S. The third-order valence-electron chi connectivity index (χ3n) is 2.12. The van der Waals surface area contributed by atoms with Crippen molar-refractivity contribution in [1.29, 1.82) is 0 Å². The van der Waals surface area contributed by atoms with Gasteiger partial charge in [0.15, 0.2) is 0 Å². The van der Waals surface area contributed by atoms with Crippen LogP contribution in [0.15, 0.2) is 17.0 Å². The second-order valence-corrected chi connectivity index (χ2v) is 7.59. The average molecular weight is 327 g/mol. The Hall–Kier alpha value is -0.490. The van der Waals surface area contributed by atoms with E-state index in [1.54, 1.807) is 0 Å². The van der Waals surface area contributed by atoms with Gasteiger partial charge in [-0.15, -0.1) is 0 Å². The fraction of sp³-hybridized carbons (Fsp3) is 0.500. The van der Waals surface area contributed by atoms with Crippen molar-refractivity contribution in [2.24, 2.45) is 5.41 Å². The normalized spacial score (nSPS) is 12.5. The van der Waals surface area contributed by atoms with E-state index in [9.17, 15) is 8.42 Å². The minimum Gasteiger partial charge on any atom is -0.495 e. The number of hydrogen-bond acceptors (Lipinski definition) is 4. The van der Waals surface area contributed by atoms with Gasteiger partial charge in [-0.1, -0.05) is 44.0 Å². The molecule has 1 rings (SSSR count). The summed E-state index contributed by atoms with van der Waals surface area (Å²) in [7, 11) is -2.53. The molecule has 7 heteroatoms. The van der Waals surface area contributed by atoms with Crippen LogP contribution < -0.4 is 4.74 Å². The van der Waals surface area contributed by atoms with Crippen LogP contribution in [0.25, 0.3) is 0 Å². The van der Waals surface area contributed by atoms with E-state index in [1.165, 1.54) is 19.2 Å². The summed E-state index contributed by atoms with van der Waals surface area (Å²) in [4.78, 5) is -0.163.